The minimum Gasteiger partial charge on any atom is -0.468 e. The summed E-state index contributed by atoms with van der Waals surface area (Å²) >= 11 is 0. The van der Waals surface area contributed by atoms with E-state index in [0.29, 0.717) is 24.0 Å². The number of ether oxygens (including phenoxy) is 2. The number of piperidine rings is 1. The first-order chi connectivity index (χ1) is 15.6. The number of halogens is 1. The largest absolute Gasteiger partial charge is 0.468 e. The molecule has 1 fully saturated rings. The van der Waals surface area contributed by atoms with E-state index in [0.717, 1.165) is 49.3 Å². The van der Waals surface area contributed by atoms with Crippen molar-refractivity contribution in [2.75, 3.05) is 26.7 Å². The van der Waals surface area contributed by atoms with E-state index in [-0.39, 0.29) is 11.8 Å². The topological polar surface area (TPSA) is 51.7 Å². The van der Waals surface area contributed by atoms with Gasteiger partial charge < -0.3 is 9.47 Å². The van der Waals surface area contributed by atoms with Crippen LogP contribution >= 0.6 is 0 Å². The highest BCUT2D eigenvalue weighted by Gasteiger charge is 2.21. The van der Waals surface area contributed by atoms with Crippen LogP contribution in [-0.4, -0.2) is 42.6 Å². The van der Waals surface area contributed by atoms with Crippen molar-refractivity contribution in [3.8, 4) is 22.8 Å². The van der Waals surface area contributed by atoms with Crippen molar-refractivity contribution < 1.29 is 18.7 Å². The van der Waals surface area contributed by atoms with E-state index in [1.807, 2.05) is 36.4 Å². The first-order valence-corrected chi connectivity index (χ1v) is 10.9. The van der Waals surface area contributed by atoms with Crippen LogP contribution in [0.4, 0.5) is 4.39 Å². The molecule has 32 heavy (non-hydrogen) atoms. The Kier molecular flexibility index (Phi) is 7.12. The van der Waals surface area contributed by atoms with E-state index in [4.69, 9.17) is 14.5 Å². The van der Waals surface area contributed by atoms with Gasteiger partial charge in [-0.2, -0.15) is 0 Å². The average Bonchev–Trinajstić information content (AvgIpc) is 2.82. The molecule has 2 aromatic carbocycles. The van der Waals surface area contributed by atoms with Crippen molar-refractivity contribution in [3.05, 3.63) is 78.2 Å². The third-order valence-corrected chi connectivity index (χ3v) is 5.79. The van der Waals surface area contributed by atoms with Crippen molar-refractivity contribution in [1.29, 1.82) is 0 Å². The minimum atomic E-state index is -0.287. The molecule has 1 aliphatic heterocycles. The molecule has 2 heterocycles. The lowest BCUT2D eigenvalue weighted by molar-refractivity contribution is -0.142. The van der Waals surface area contributed by atoms with Gasteiger partial charge in [0.05, 0.1) is 19.3 Å². The first-order valence-electron chi connectivity index (χ1n) is 10.9. The van der Waals surface area contributed by atoms with E-state index in [2.05, 4.69) is 11.0 Å². The zero-order valence-electron chi connectivity index (χ0n) is 18.2. The summed E-state index contributed by atoms with van der Waals surface area (Å²) in [5, 5.41) is 0. The van der Waals surface area contributed by atoms with Gasteiger partial charge in [-0.15, -0.1) is 0 Å². The Morgan fingerprint density at radius 2 is 1.66 bits per heavy atom. The van der Waals surface area contributed by atoms with Crippen LogP contribution in [0, 0.1) is 11.7 Å². The zero-order chi connectivity index (χ0) is 22.3. The van der Waals surface area contributed by atoms with Gasteiger partial charge in [-0.05, 0) is 98.9 Å². The molecule has 0 bridgehead atoms. The normalized spacial score (nSPS) is 14.8. The molecule has 0 amide bonds. The van der Waals surface area contributed by atoms with E-state index in [1.165, 1.54) is 19.2 Å². The SMILES string of the molecule is COC(=O)CN1CCC(Cc2cccc(-c3ccc(Oc4ccc(F)cc4)cc3)n2)CC1. The molecule has 0 N–H and O–H groups in total. The number of pyridine rings is 1. The summed E-state index contributed by atoms with van der Waals surface area (Å²) in [6.45, 7) is 2.20. The van der Waals surface area contributed by atoms with Gasteiger partial charge in [-0.25, -0.2) is 4.39 Å². The second-order valence-corrected chi connectivity index (χ2v) is 8.09. The monoisotopic (exact) mass is 434 g/mol. The molecule has 166 valence electrons. The van der Waals surface area contributed by atoms with Gasteiger partial charge in [0.25, 0.3) is 0 Å². The van der Waals surface area contributed by atoms with Crippen LogP contribution in [0.2, 0.25) is 0 Å². The molecule has 0 unspecified atom stereocenters. The summed E-state index contributed by atoms with van der Waals surface area (Å²) < 4.78 is 23.6. The molecule has 0 saturated carbocycles. The van der Waals surface area contributed by atoms with Crippen LogP contribution < -0.4 is 4.74 Å². The van der Waals surface area contributed by atoms with Gasteiger partial charge in [0.1, 0.15) is 17.3 Å². The first kappa shape index (κ1) is 22.0. The van der Waals surface area contributed by atoms with E-state index in [9.17, 15) is 9.18 Å². The predicted molar refractivity (Wildman–Crippen MR) is 121 cm³/mol. The smallest absolute Gasteiger partial charge is 0.319 e. The maximum atomic E-state index is 13.0. The third-order valence-electron chi connectivity index (χ3n) is 5.79. The second-order valence-electron chi connectivity index (χ2n) is 8.09. The lowest BCUT2D eigenvalue weighted by atomic mass is 9.92. The van der Waals surface area contributed by atoms with Gasteiger partial charge in [-0.1, -0.05) is 6.07 Å². The number of nitrogens with zero attached hydrogens (tertiary/aromatic N) is 2. The van der Waals surface area contributed by atoms with Crippen LogP contribution in [0.5, 0.6) is 11.5 Å². The summed E-state index contributed by atoms with van der Waals surface area (Å²) in [4.78, 5) is 18.5. The number of methoxy groups -OCH3 is 1. The average molecular weight is 435 g/mol. The number of hydrogen-bond acceptors (Lipinski definition) is 5. The molecule has 3 aromatic rings. The number of rotatable bonds is 7. The standard InChI is InChI=1S/C26H27FN2O3/c1-31-26(30)18-29-15-13-19(14-16-29)17-22-3-2-4-25(28-22)20-5-9-23(10-6-20)32-24-11-7-21(27)8-12-24/h2-12,19H,13-18H2,1H3. The highest BCUT2D eigenvalue weighted by Crippen LogP contribution is 2.26. The molecule has 0 spiro atoms. The van der Waals surface area contributed by atoms with Gasteiger partial charge in [0, 0.05) is 11.3 Å². The molecule has 0 radical (unpaired) electrons. The van der Waals surface area contributed by atoms with E-state index < -0.39 is 0 Å². The lowest BCUT2D eigenvalue weighted by Crippen LogP contribution is -2.38. The number of benzene rings is 2. The molecule has 1 saturated heterocycles. The predicted octanol–water partition coefficient (Wildman–Crippen LogP) is 5.11. The third kappa shape index (κ3) is 5.92. The highest BCUT2D eigenvalue weighted by molar-refractivity contribution is 5.71. The van der Waals surface area contributed by atoms with Crippen LogP contribution in [0.1, 0.15) is 18.5 Å². The van der Waals surface area contributed by atoms with Crippen LogP contribution in [0.15, 0.2) is 66.7 Å². The fraction of sp³-hybridized carbons (Fsp3) is 0.308. The molecule has 4 rings (SSSR count). The lowest BCUT2D eigenvalue weighted by Gasteiger charge is -2.30. The Bertz CT molecular complexity index is 1030. The molecule has 1 aliphatic rings. The quantitative estimate of drug-likeness (QED) is 0.484. The number of carbonyl (C=O) groups is 1. The Hall–Kier alpha value is -3.25. The van der Waals surface area contributed by atoms with Crippen molar-refractivity contribution in [3.63, 3.8) is 0 Å². The Labute approximate surface area is 187 Å². The van der Waals surface area contributed by atoms with Gasteiger partial charge >= 0.3 is 5.97 Å². The number of likely N-dealkylation sites (tertiary alicyclic amines) is 1. The molecule has 5 nitrogen and oxygen atoms in total. The summed E-state index contributed by atoms with van der Waals surface area (Å²) in [6, 6.07) is 19.9. The van der Waals surface area contributed by atoms with Gasteiger partial charge in [0.15, 0.2) is 0 Å². The number of carbonyl (C=O) groups excluding carboxylic acids is 1. The van der Waals surface area contributed by atoms with Crippen LogP contribution in [-0.2, 0) is 16.0 Å². The van der Waals surface area contributed by atoms with E-state index in [1.54, 1.807) is 12.1 Å². The summed E-state index contributed by atoms with van der Waals surface area (Å²) in [5.41, 5.74) is 3.03. The Morgan fingerprint density at radius 3 is 2.31 bits per heavy atom. The summed E-state index contributed by atoms with van der Waals surface area (Å²) in [7, 11) is 1.43. The number of aromatic nitrogens is 1. The molecule has 0 aliphatic carbocycles. The highest BCUT2D eigenvalue weighted by atomic mass is 19.1. The maximum absolute atomic E-state index is 13.0. The molecular weight excluding hydrogens is 407 g/mol. The summed E-state index contributed by atoms with van der Waals surface area (Å²) in [5.74, 6) is 1.39. The molecule has 0 atom stereocenters. The van der Waals surface area contributed by atoms with Crippen molar-refractivity contribution in [2.24, 2.45) is 5.92 Å². The van der Waals surface area contributed by atoms with Crippen molar-refractivity contribution in [2.45, 2.75) is 19.3 Å². The second kappa shape index (κ2) is 10.4. The Morgan fingerprint density at radius 1 is 1.00 bits per heavy atom. The molecular formula is C26H27FN2O3. The summed E-state index contributed by atoms with van der Waals surface area (Å²) in [6.07, 6.45) is 3.04. The minimum absolute atomic E-state index is 0.174. The van der Waals surface area contributed by atoms with Crippen LogP contribution in [0.3, 0.4) is 0 Å². The number of esters is 1. The van der Waals surface area contributed by atoms with Crippen molar-refractivity contribution in [1.82, 2.24) is 9.88 Å². The fourth-order valence-corrected chi connectivity index (χ4v) is 3.98. The molecule has 1 aromatic heterocycles. The van der Waals surface area contributed by atoms with Gasteiger partial charge in [0.2, 0.25) is 0 Å². The fourth-order valence-electron chi connectivity index (χ4n) is 3.98. The molecule has 6 heteroatoms. The van der Waals surface area contributed by atoms with Crippen LogP contribution in [0.25, 0.3) is 11.3 Å². The van der Waals surface area contributed by atoms with Crippen molar-refractivity contribution >= 4 is 5.97 Å². The zero-order valence-corrected chi connectivity index (χ0v) is 18.2. The number of hydrogen-bond donors (Lipinski definition) is 0. The van der Waals surface area contributed by atoms with E-state index >= 15 is 0 Å². The maximum Gasteiger partial charge on any atom is 0.319 e. The van der Waals surface area contributed by atoms with Gasteiger partial charge in [-0.3, -0.25) is 14.7 Å². The Balaban J connectivity index is 1.34.